The minimum absolute atomic E-state index is 0.109. The van der Waals surface area contributed by atoms with Gasteiger partial charge in [0.2, 0.25) is 10.0 Å². The molecule has 0 aliphatic heterocycles. The summed E-state index contributed by atoms with van der Waals surface area (Å²) >= 11 is 0. The van der Waals surface area contributed by atoms with Gasteiger partial charge in [-0.25, -0.2) is 13.6 Å². The maximum Gasteiger partial charge on any atom is 0.238 e. The van der Waals surface area contributed by atoms with Gasteiger partial charge in [0.15, 0.2) is 0 Å². The average Bonchev–Trinajstić information content (AvgIpc) is 2.10. The summed E-state index contributed by atoms with van der Waals surface area (Å²) < 4.78 is 23.0. The molecule has 0 aromatic heterocycles. The summed E-state index contributed by atoms with van der Waals surface area (Å²) in [5.74, 6) is 0. The molecule has 4 rings (SSSR count). The van der Waals surface area contributed by atoms with Crippen molar-refractivity contribution in [3.63, 3.8) is 0 Å². The van der Waals surface area contributed by atoms with E-state index < -0.39 is 10.0 Å². The number of sulfonamides is 1. The highest BCUT2D eigenvalue weighted by atomic mass is 32.2. The van der Waals surface area contributed by atoms with Crippen molar-refractivity contribution < 1.29 is 8.42 Å². The Balaban J connectivity index is 2.10. The average molecular weight is 237 g/mol. The van der Waals surface area contributed by atoms with Crippen LogP contribution in [0.2, 0.25) is 0 Å². The van der Waals surface area contributed by atoms with Gasteiger partial charge in [-0.2, -0.15) is 0 Å². The smallest absolute Gasteiger partial charge is 0.225 e. The van der Waals surface area contributed by atoms with Gasteiger partial charge in [0.1, 0.15) is 0 Å². The zero-order valence-corrected chi connectivity index (χ0v) is 10.0. The highest BCUT2D eigenvalue weighted by Gasteiger charge is 2.66. The SMILES string of the molecule is CC12CC(c3ccccc3S(N)(=O)=O)(C1)C2. The topological polar surface area (TPSA) is 60.2 Å². The normalized spacial score (nSPS) is 36.4. The van der Waals surface area contributed by atoms with E-state index in [2.05, 4.69) is 6.92 Å². The first-order valence-electron chi connectivity index (χ1n) is 5.47. The number of rotatable bonds is 2. The highest BCUT2D eigenvalue weighted by Crippen LogP contribution is 2.73. The third-order valence-electron chi connectivity index (χ3n) is 4.06. The van der Waals surface area contributed by atoms with Gasteiger partial charge in [-0.05, 0) is 41.7 Å². The Morgan fingerprint density at radius 1 is 1.19 bits per heavy atom. The fourth-order valence-corrected chi connectivity index (χ4v) is 4.59. The van der Waals surface area contributed by atoms with Crippen LogP contribution < -0.4 is 5.14 Å². The summed E-state index contributed by atoms with van der Waals surface area (Å²) in [4.78, 5) is 0.316. The molecule has 86 valence electrons. The molecule has 1 aromatic rings. The molecule has 3 nitrogen and oxygen atoms in total. The molecule has 0 atom stereocenters. The van der Waals surface area contributed by atoms with Crippen molar-refractivity contribution in [2.45, 2.75) is 36.5 Å². The van der Waals surface area contributed by atoms with Crippen molar-refractivity contribution in [3.05, 3.63) is 29.8 Å². The quantitative estimate of drug-likeness (QED) is 0.852. The summed E-state index contributed by atoms with van der Waals surface area (Å²) in [6.07, 6.45) is 3.31. The van der Waals surface area contributed by atoms with E-state index in [1.54, 1.807) is 12.1 Å². The van der Waals surface area contributed by atoms with Crippen LogP contribution in [-0.4, -0.2) is 8.42 Å². The van der Waals surface area contributed by atoms with Crippen LogP contribution in [0, 0.1) is 5.41 Å². The van der Waals surface area contributed by atoms with E-state index in [4.69, 9.17) is 5.14 Å². The summed E-state index contributed by atoms with van der Waals surface area (Å²) in [5.41, 5.74) is 1.50. The Morgan fingerprint density at radius 3 is 2.25 bits per heavy atom. The molecule has 0 unspecified atom stereocenters. The predicted molar refractivity (Wildman–Crippen MR) is 61.5 cm³/mol. The number of hydrogen-bond acceptors (Lipinski definition) is 2. The van der Waals surface area contributed by atoms with Gasteiger partial charge >= 0.3 is 0 Å². The molecule has 4 heteroatoms. The molecule has 2 bridgehead atoms. The van der Waals surface area contributed by atoms with Crippen LogP contribution in [0.5, 0.6) is 0 Å². The van der Waals surface area contributed by atoms with Gasteiger partial charge in [0.25, 0.3) is 0 Å². The second-order valence-electron chi connectivity index (χ2n) is 5.66. The first-order chi connectivity index (χ1) is 7.35. The molecular formula is C12H15NO2S. The largest absolute Gasteiger partial charge is 0.238 e. The van der Waals surface area contributed by atoms with Crippen molar-refractivity contribution in [1.82, 2.24) is 0 Å². The zero-order chi connectivity index (χ0) is 11.6. The minimum atomic E-state index is -3.59. The molecule has 16 heavy (non-hydrogen) atoms. The van der Waals surface area contributed by atoms with Crippen LogP contribution in [0.25, 0.3) is 0 Å². The summed E-state index contributed by atoms with van der Waals surface area (Å²) in [5, 5.41) is 5.26. The van der Waals surface area contributed by atoms with Gasteiger partial charge in [-0.15, -0.1) is 0 Å². The van der Waals surface area contributed by atoms with Crippen molar-refractivity contribution in [2.24, 2.45) is 10.6 Å². The first kappa shape index (κ1) is 10.3. The van der Waals surface area contributed by atoms with Gasteiger partial charge in [-0.1, -0.05) is 25.1 Å². The highest BCUT2D eigenvalue weighted by molar-refractivity contribution is 7.89. The van der Waals surface area contributed by atoms with Crippen LogP contribution in [0.1, 0.15) is 31.7 Å². The number of nitrogens with two attached hydrogens (primary N) is 1. The molecule has 0 heterocycles. The summed E-state index contributed by atoms with van der Waals surface area (Å²) in [6.45, 7) is 2.26. The lowest BCUT2D eigenvalue weighted by Gasteiger charge is -2.70. The summed E-state index contributed by atoms with van der Waals surface area (Å²) in [6, 6.07) is 7.16. The maximum absolute atomic E-state index is 11.5. The van der Waals surface area contributed by atoms with Crippen molar-refractivity contribution in [1.29, 1.82) is 0 Å². The Morgan fingerprint density at radius 2 is 1.75 bits per heavy atom. The van der Waals surface area contributed by atoms with E-state index in [1.807, 2.05) is 12.1 Å². The van der Waals surface area contributed by atoms with E-state index in [0.717, 1.165) is 24.8 Å². The van der Waals surface area contributed by atoms with Crippen LogP contribution >= 0.6 is 0 Å². The van der Waals surface area contributed by atoms with Crippen LogP contribution in [0.3, 0.4) is 0 Å². The molecule has 0 radical (unpaired) electrons. The molecular weight excluding hydrogens is 222 g/mol. The number of hydrogen-bond donors (Lipinski definition) is 1. The third-order valence-corrected chi connectivity index (χ3v) is 5.03. The lowest BCUT2D eigenvalue weighted by atomic mass is 9.34. The Labute approximate surface area is 95.7 Å². The van der Waals surface area contributed by atoms with E-state index in [-0.39, 0.29) is 5.41 Å². The molecule has 3 aliphatic rings. The standard InChI is InChI=1S/C12H15NO2S/c1-11-6-12(7-11,8-11)9-4-2-3-5-10(9)16(13,14)15/h2-5H,6-8H2,1H3,(H2,13,14,15). The molecule has 3 aliphatic carbocycles. The van der Waals surface area contributed by atoms with E-state index in [1.165, 1.54) is 0 Å². The molecule has 3 saturated carbocycles. The Kier molecular flexibility index (Phi) is 1.73. The van der Waals surface area contributed by atoms with E-state index in [0.29, 0.717) is 10.3 Å². The lowest BCUT2D eigenvalue weighted by Crippen LogP contribution is -2.63. The van der Waals surface area contributed by atoms with Crippen LogP contribution in [-0.2, 0) is 15.4 Å². The van der Waals surface area contributed by atoms with Crippen LogP contribution in [0.4, 0.5) is 0 Å². The van der Waals surface area contributed by atoms with Gasteiger partial charge < -0.3 is 0 Å². The molecule has 3 fully saturated rings. The Hall–Kier alpha value is -0.870. The molecule has 0 saturated heterocycles. The third kappa shape index (κ3) is 1.20. The predicted octanol–water partition coefficient (Wildman–Crippen LogP) is 1.78. The second-order valence-corrected chi connectivity index (χ2v) is 7.19. The van der Waals surface area contributed by atoms with Gasteiger partial charge in [0, 0.05) is 0 Å². The van der Waals surface area contributed by atoms with E-state index in [9.17, 15) is 8.42 Å². The van der Waals surface area contributed by atoms with Gasteiger partial charge in [0.05, 0.1) is 4.90 Å². The monoisotopic (exact) mass is 237 g/mol. The zero-order valence-electron chi connectivity index (χ0n) is 9.23. The van der Waals surface area contributed by atoms with Crippen molar-refractivity contribution in [3.8, 4) is 0 Å². The van der Waals surface area contributed by atoms with Crippen molar-refractivity contribution in [2.75, 3.05) is 0 Å². The minimum Gasteiger partial charge on any atom is -0.225 e. The second kappa shape index (κ2) is 2.68. The summed E-state index contributed by atoms with van der Waals surface area (Å²) in [7, 11) is -3.59. The first-order valence-corrected chi connectivity index (χ1v) is 7.02. The van der Waals surface area contributed by atoms with Crippen LogP contribution in [0.15, 0.2) is 29.2 Å². The number of primary sulfonamides is 1. The van der Waals surface area contributed by atoms with Gasteiger partial charge in [-0.3, -0.25) is 0 Å². The van der Waals surface area contributed by atoms with Crippen molar-refractivity contribution >= 4 is 10.0 Å². The Bertz CT molecular complexity index is 542. The molecule has 0 amide bonds. The molecule has 1 aromatic carbocycles. The lowest BCUT2D eigenvalue weighted by molar-refractivity contribution is -0.127. The molecule has 2 N–H and O–H groups in total. The number of benzene rings is 1. The molecule has 0 spiro atoms. The maximum atomic E-state index is 11.5. The van der Waals surface area contributed by atoms with E-state index >= 15 is 0 Å². The fourth-order valence-electron chi connectivity index (χ4n) is 3.73. The fraction of sp³-hybridized carbons (Fsp3) is 0.500.